The highest BCUT2D eigenvalue weighted by atomic mass is 16.5. The van der Waals surface area contributed by atoms with Crippen LogP contribution in [0.2, 0.25) is 0 Å². The van der Waals surface area contributed by atoms with Gasteiger partial charge in [0, 0.05) is 19.3 Å². The molecule has 0 bridgehead atoms. The number of hydrogen-bond donors (Lipinski definition) is 0. The number of nitrogens with zero attached hydrogens (tertiary/aromatic N) is 1. The Kier molecular flexibility index (Phi) is 6.51. The molecule has 0 unspecified atom stereocenters. The molecule has 2 aromatic rings. The van der Waals surface area contributed by atoms with Gasteiger partial charge in [-0.15, -0.1) is 0 Å². The molecule has 2 rings (SSSR count). The average molecular weight is 257 g/mol. The standard InChI is InChI=1S/C15H17NO.C2H6/c1-16(12-13-6-4-3-5-7-13)14-8-10-15(17-2)11-9-14;1-2/h3-11H,12H2,1-2H3;1-2H3. The Morgan fingerprint density at radius 3 is 2.00 bits per heavy atom. The maximum absolute atomic E-state index is 5.15. The second-order valence-corrected chi connectivity index (χ2v) is 4.04. The van der Waals surface area contributed by atoms with E-state index in [1.54, 1.807) is 7.11 Å². The second kappa shape index (κ2) is 8.20. The number of anilines is 1. The molecule has 102 valence electrons. The molecule has 0 atom stereocenters. The van der Waals surface area contributed by atoms with E-state index in [1.165, 1.54) is 11.3 Å². The van der Waals surface area contributed by atoms with Gasteiger partial charge in [-0.25, -0.2) is 0 Å². The summed E-state index contributed by atoms with van der Waals surface area (Å²) in [5, 5.41) is 0. The van der Waals surface area contributed by atoms with Crippen molar-refractivity contribution in [1.82, 2.24) is 0 Å². The number of hydrogen-bond acceptors (Lipinski definition) is 2. The quantitative estimate of drug-likeness (QED) is 0.807. The third-order valence-corrected chi connectivity index (χ3v) is 2.78. The Bertz CT molecular complexity index is 450. The summed E-state index contributed by atoms with van der Waals surface area (Å²) in [6.07, 6.45) is 0. The van der Waals surface area contributed by atoms with E-state index in [-0.39, 0.29) is 0 Å². The van der Waals surface area contributed by atoms with Gasteiger partial charge < -0.3 is 9.64 Å². The van der Waals surface area contributed by atoms with Crippen LogP contribution < -0.4 is 9.64 Å². The summed E-state index contributed by atoms with van der Waals surface area (Å²) in [7, 11) is 3.78. The van der Waals surface area contributed by atoms with Crippen LogP contribution in [0.3, 0.4) is 0 Å². The van der Waals surface area contributed by atoms with Gasteiger partial charge in [0.1, 0.15) is 5.75 Å². The Balaban J connectivity index is 0.000000861. The lowest BCUT2D eigenvalue weighted by Crippen LogP contribution is -2.15. The molecule has 0 aromatic heterocycles. The van der Waals surface area contributed by atoms with E-state index in [4.69, 9.17) is 4.74 Å². The zero-order valence-corrected chi connectivity index (χ0v) is 12.3. The lowest BCUT2D eigenvalue weighted by Gasteiger charge is -2.19. The van der Waals surface area contributed by atoms with Gasteiger partial charge in [-0.3, -0.25) is 0 Å². The molecule has 0 amide bonds. The molecule has 0 saturated carbocycles. The van der Waals surface area contributed by atoms with Gasteiger partial charge in [-0.05, 0) is 29.8 Å². The first kappa shape index (κ1) is 15.1. The van der Waals surface area contributed by atoms with Crippen molar-refractivity contribution in [3.63, 3.8) is 0 Å². The SMILES string of the molecule is CC.COc1ccc(N(C)Cc2ccccc2)cc1. The highest BCUT2D eigenvalue weighted by Gasteiger charge is 2.01. The number of methoxy groups -OCH3 is 1. The molecule has 19 heavy (non-hydrogen) atoms. The van der Waals surface area contributed by atoms with E-state index in [0.717, 1.165) is 12.3 Å². The van der Waals surface area contributed by atoms with Gasteiger partial charge >= 0.3 is 0 Å². The minimum Gasteiger partial charge on any atom is -0.497 e. The normalized spacial score (nSPS) is 9.26. The van der Waals surface area contributed by atoms with Gasteiger partial charge in [-0.1, -0.05) is 44.2 Å². The lowest BCUT2D eigenvalue weighted by atomic mass is 10.2. The minimum atomic E-state index is 0.891. The van der Waals surface area contributed by atoms with Gasteiger partial charge in [-0.2, -0.15) is 0 Å². The van der Waals surface area contributed by atoms with Crippen molar-refractivity contribution < 1.29 is 4.74 Å². The van der Waals surface area contributed by atoms with Crippen molar-refractivity contribution in [3.05, 3.63) is 60.2 Å². The predicted molar refractivity (Wildman–Crippen MR) is 82.9 cm³/mol. The minimum absolute atomic E-state index is 0.891. The zero-order chi connectivity index (χ0) is 14.1. The molecule has 0 saturated heterocycles. The fourth-order valence-corrected chi connectivity index (χ4v) is 1.79. The van der Waals surface area contributed by atoms with Crippen LogP contribution in [0, 0.1) is 0 Å². The first-order valence-corrected chi connectivity index (χ1v) is 6.69. The van der Waals surface area contributed by atoms with Crippen LogP contribution in [-0.4, -0.2) is 14.2 Å². The predicted octanol–water partition coefficient (Wildman–Crippen LogP) is 4.36. The van der Waals surface area contributed by atoms with Gasteiger partial charge in [0.25, 0.3) is 0 Å². The van der Waals surface area contributed by atoms with E-state index in [2.05, 4.69) is 48.3 Å². The van der Waals surface area contributed by atoms with Gasteiger partial charge in [0.2, 0.25) is 0 Å². The van der Waals surface area contributed by atoms with Crippen LogP contribution in [0.25, 0.3) is 0 Å². The maximum Gasteiger partial charge on any atom is 0.119 e. The van der Waals surface area contributed by atoms with Crippen molar-refractivity contribution >= 4 is 5.69 Å². The average Bonchev–Trinajstić information content (AvgIpc) is 2.50. The van der Waals surface area contributed by atoms with E-state index >= 15 is 0 Å². The molecule has 2 heteroatoms. The van der Waals surface area contributed by atoms with Gasteiger partial charge in [0.05, 0.1) is 7.11 Å². The van der Waals surface area contributed by atoms with E-state index in [1.807, 2.05) is 32.0 Å². The lowest BCUT2D eigenvalue weighted by molar-refractivity contribution is 0.415. The number of ether oxygens (including phenoxy) is 1. The molecule has 2 nitrogen and oxygen atoms in total. The fraction of sp³-hybridized carbons (Fsp3) is 0.294. The van der Waals surface area contributed by atoms with Crippen LogP contribution in [0.1, 0.15) is 19.4 Å². The van der Waals surface area contributed by atoms with Crippen molar-refractivity contribution in [3.8, 4) is 5.75 Å². The zero-order valence-electron chi connectivity index (χ0n) is 12.3. The van der Waals surface area contributed by atoms with Crippen molar-refractivity contribution in [2.24, 2.45) is 0 Å². The van der Waals surface area contributed by atoms with Crippen LogP contribution in [0.4, 0.5) is 5.69 Å². The van der Waals surface area contributed by atoms with Crippen LogP contribution in [0.15, 0.2) is 54.6 Å². The van der Waals surface area contributed by atoms with Crippen molar-refractivity contribution in [1.29, 1.82) is 0 Å². The molecular weight excluding hydrogens is 234 g/mol. The third-order valence-electron chi connectivity index (χ3n) is 2.78. The van der Waals surface area contributed by atoms with Gasteiger partial charge in [0.15, 0.2) is 0 Å². The molecule has 0 spiro atoms. The summed E-state index contributed by atoms with van der Waals surface area (Å²) in [5.74, 6) is 0.891. The number of rotatable bonds is 4. The Morgan fingerprint density at radius 2 is 1.47 bits per heavy atom. The highest BCUT2D eigenvalue weighted by Crippen LogP contribution is 2.19. The second-order valence-electron chi connectivity index (χ2n) is 4.04. The smallest absolute Gasteiger partial charge is 0.119 e. The summed E-state index contributed by atoms with van der Waals surface area (Å²) in [4.78, 5) is 2.22. The summed E-state index contributed by atoms with van der Waals surface area (Å²) >= 11 is 0. The van der Waals surface area contributed by atoms with Crippen LogP contribution >= 0.6 is 0 Å². The summed E-state index contributed by atoms with van der Waals surface area (Å²) in [5.41, 5.74) is 2.50. The Labute approximate surface area is 116 Å². The topological polar surface area (TPSA) is 12.5 Å². The highest BCUT2D eigenvalue weighted by molar-refractivity contribution is 5.48. The Morgan fingerprint density at radius 1 is 0.895 bits per heavy atom. The summed E-state index contributed by atoms with van der Waals surface area (Å²) in [6, 6.07) is 18.6. The van der Waals surface area contributed by atoms with Crippen LogP contribution in [-0.2, 0) is 6.54 Å². The summed E-state index contributed by atoms with van der Waals surface area (Å²) < 4.78 is 5.15. The fourth-order valence-electron chi connectivity index (χ4n) is 1.79. The maximum atomic E-state index is 5.15. The summed E-state index contributed by atoms with van der Waals surface area (Å²) in [6.45, 7) is 4.91. The molecular formula is C17H23NO. The third kappa shape index (κ3) is 4.66. The largest absolute Gasteiger partial charge is 0.497 e. The van der Waals surface area contributed by atoms with E-state index < -0.39 is 0 Å². The monoisotopic (exact) mass is 257 g/mol. The van der Waals surface area contributed by atoms with Crippen molar-refractivity contribution in [2.45, 2.75) is 20.4 Å². The van der Waals surface area contributed by atoms with Crippen LogP contribution in [0.5, 0.6) is 5.75 Å². The number of benzene rings is 2. The molecule has 0 radical (unpaired) electrons. The molecule has 0 aliphatic carbocycles. The van der Waals surface area contributed by atoms with Crippen molar-refractivity contribution in [2.75, 3.05) is 19.1 Å². The van der Waals surface area contributed by atoms with E-state index in [9.17, 15) is 0 Å². The molecule has 0 aliphatic rings. The first-order chi connectivity index (χ1) is 9.29. The molecule has 0 N–H and O–H groups in total. The molecule has 0 aliphatic heterocycles. The molecule has 0 fully saturated rings. The first-order valence-electron chi connectivity index (χ1n) is 6.69. The Hall–Kier alpha value is -1.96. The molecule has 2 aromatic carbocycles. The van der Waals surface area contributed by atoms with E-state index in [0.29, 0.717) is 0 Å². The molecule has 0 heterocycles.